The van der Waals surface area contributed by atoms with Crippen molar-refractivity contribution in [3.05, 3.63) is 60.4 Å². The second-order valence-corrected chi connectivity index (χ2v) is 5.84. The molecule has 1 amide bonds. The Morgan fingerprint density at radius 2 is 1.73 bits per heavy atom. The summed E-state index contributed by atoms with van der Waals surface area (Å²) in [6.07, 6.45) is 1.47. The number of rotatable bonds is 4. The summed E-state index contributed by atoms with van der Waals surface area (Å²) in [5.74, 6) is -0.211. The van der Waals surface area contributed by atoms with E-state index in [9.17, 15) is 4.79 Å². The van der Waals surface area contributed by atoms with E-state index in [2.05, 4.69) is 25.7 Å². The molecule has 0 aliphatic carbocycles. The molecule has 3 aromatic rings. The summed E-state index contributed by atoms with van der Waals surface area (Å²) in [6.45, 7) is 2.97. The molecular formula is C18H18N6O2. The number of carbonyl (C=O) groups is 1. The van der Waals surface area contributed by atoms with E-state index in [0.717, 1.165) is 24.5 Å². The molecule has 1 N–H and O–H groups in total. The first-order valence-electron chi connectivity index (χ1n) is 8.38. The summed E-state index contributed by atoms with van der Waals surface area (Å²) in [6, 6.07) is 15.0. The zero-order valence-corrected chi connectivity index (χ0v) is 14.1. The van der Waals surface area contributed by atoms with Crippen LogP contribution in [0.5, 0.6) is 0 Å². The molecular weight excluding hydrogens is 332 g/mol. The molecule has 2 heterocycles. The Balaban J connectivity index is 1.62. The lowest BCUT2D eigenvalue weighted by molar-refractivity contribution is 0.102. The average Bonchev–Trinajstić information content (AvgIpc) is 3.24. The number of tetrazole rings is 1. The van der Waals surface area contributed by atoms with Crippen molar-refractivity contribution in [1.82, 2.24) is 20.2 Å². The van der Waals surface area contributed by atoms with Crippen LogP contribution in [0.1, 0.15) is 10.4 Å². The summed E-state index contributed by atoms with van der Waals surface area (Å²) in [5.41, 5.74) is 2.88. The van der Waals surface area contributed by atoms with Gasteiger partial charge >= 0.3 is 0 Å². The van der Waals surface area contributed by atoms with E-state index in [1.165, 1.54) is 11.0 Å². The van der Waals surface area contributed by atoms with Gasteiger partial charge in [-0.1, -0.05) is 24.3 Å². The number of para-hydroxylation sites is 3. The predicted octanol–water partition coefficient (Wildman–Crippen LogP) is 1.75. The number of ether oxygens (including phenoxy) is 1. The molecule has 4 rings (SSSR count). The molecule has 1 aliphatic rings. The van der Waals surface area contributed by atoms with Crippen LogP contribution in [0.25, 0.3) is 5.69 Å². The van der Waals surface area contributed by atoms with Crippen molar-refractivity contribution in [3.63, 3.8) is 0 Å². The molecule has 0 unspecified atom stereocenters. The van der Waals surface area contributed by atoms with Crippen LogP contribution >= 0.6 is 0 Å². The third-order valence-corrected chi connectivity index (χ3v) is 4.25. The number of hydrogen-bond acceptors (Lipinski definition) is 6. The third-order valence-electron chi connectivity index (χ3n) is 4.25. The van der Waals surface area contributed by atoms with E-state index in [1.54, 1.807) is 12.1 Å². The van der Waals surface area contributed by atoms with E-state index in [0.29, 0.717) is 24.5 Å². The van der Waals surface area contributed by atoms with Crippen LogP contribution in [-0.2, 0) is 4.74 Å². The maximum atomic E-state index is 12.9. The van der Waals surface area contributed by atoms with Gasteiger partial charge in [-0.3, -0.25) is 4.79 Å². The Labute approximate surface area is 150 Å². The van der Waals surface area contributed by atoms with Crippen LogP contribution in [0.3, 0.4) is 0 Å². The van der Waals surface area contributed by atoms with Gasteiger partial charge in [-0.2, -0.15) is 4.68 Å². The number of benzene rings is 2. The number of carbonyl (C=O) groups excluding carboxylic acids is 1. The van der Waals surface area contributed by atoms with Gasteiger partial charge in [0.15, 0.2) is 0 Å². The van der Waals surface area contributed by atoms with Crippen molar-refractivity contribution in [3.8, 4) is 5.69 Å². The van der Waals surface area contributed by atoms with E-state index >= 15 is 0 Å². The maximum Gasteiger partial charge on any atom is 0.257 e. The molecule has 132 valence electrons. The third kappa shape index (κ3) is 3.27. The Morgan fingerprint density at radius 1 is 1.00 bits per heavy atom. The van der Waals surface area contributed by atoms with Crippen molar-refractivity contribution in [1.29, 1.82) is 0 Å². The van der Waals surface area contributed by atoms with Gasteiger partial charge in [0.25, 0.3) is 5.91 Å². The Hall–Kier alpha value is -3.26. The monoisotopic (exact) mass is 350 g/mol. The van der Waals surface area contributed by atoms with Gasteiger partial charge in [-0.15, -0.1) is 5.10 Å². The van der Waals surface area contributed by atoms with Crippen LogP contribution in [0.2, 0.25) is 0 Å². The van der Waals surface area contributed by atoms with Crippen LogP contribution in [-0.4, -0.2) is 52.4 Å². The number of amides is 1. The van der Waals surface area contributed by atoms with Crippen molar-refractivity contribution in [2.45, 2.75) is 0 Å². The first kappa shape index (κ1) is 16.2. The fourth-order valence-electron chi connectivity index (χ4n) is 2.99. The largest absolute Gasteiger partial charge is 0.378 e. The van der Waals surface area contributed by atoms with Gasteiger partial charge in [0.2, 0.25) is 0 Å². The summed E-state index contributed by atoms with van der Waals surface area (Å²) in [7, 11) is 0. The molecule has 0 atom stereocenters. The zero-order chi connectivity index (χ0) is 17.8. The topological polar surface area (TPSA) is 85.2 Å². The minimum atomic E-state index is -0.211. The molecule has 1 aromatic heterocycles. The van der Waals surface area contributed by atoms with E-state index < -0.39 is 0 Å². The number of aromatic nitrogens is 4. The van der Waals surface area contributed by atoms with E-state index in [1.807, 2.05) is 36.4 Å². The van der Waals surface area contributed by atoms with Crippen LogP contribution in [0, 0.1) is 0 Å². The first-order chi connectivity index (χ1) is 12.8. The molecule has 0 radical (unpaired) electrons. The normalized spacial score (nSPS) is 14.2. The molecule has 1 saturated heterocycles. The number of nitrogens with one attached hydrogen (secondary N) is 1. The Morgan fingerprint density at radius 3 is 2.50 bits per heavy atom. The lowest BCUT2D eigenvalue weighted by atomic mass is 10.1. The number of nitrogens with zero attached hydrogens (tertiary/aromatic N) is 5. The van der Waals surface area contributed by atoms with E-state index in [4.69, 9.17) is 4.74 Å². The highest BCUT2D eigenvalue weighted by atomic mass is 16.5. The lowest BCUT2D eigenvalue weighted by Crippen LogP contribution is -2.36. The van der Waals surface area contributed by atoms with Gasteiger partial charge in [0.05, 0.1) is 35.8 Å². The van der Waals surface area contributed by atoms with Gasteiger partial charge in [0, 0.05) is 13.1 Å². The molecule has 0 bridgehead atoms. The number of hydrogen-bond donors (Lipinski definition) is 1. The molecule has 26 heavy (non-hydrogen) atoms. The molecule has 8 nitrogen and oxygen atoms in total. The molecule has 0 spiro atoms. The predicted molar refractivity (Wildman–Crippen MR) is 96.6 cm³/mol. The van der Waals surface area contributed by atoms with Crippen LogP contribution < -0.4 is 10.2 Å². The highest BCUT2D eigenvalue weighted by molar-refractivity contribution is 6.08. The Bertz CT molecular complexity index is 890. The summed E-state index contributed by atoms with van der Waals surface area (Å²) in [4.78, 5) is 15.1. The SMILES string of the molecule is O=C(Nc1ccccc1N1CCOCC1)c1ccccc1-n1cnnn1. The van der Waals surface area contributed by atoms with Gasteiger partial charge in [0.1, 0.15) is 6.33 Å². The molecule has 1 aliphatic heterocycles. The number of morpholine rings is 1. The fourth-order valence-corrected chi connectivity index (χ4v) is 2.99. The second-order valence-electron chi connectivity index (χ2n) is 5.84. The molecule has 2 aromatic carbocycles. The summed E-state index contributed by atoms with van der Waals surface area (Å²) < 4.78 is 6.89. The first-order valence-corrected chi connectivity index (χ1v) is 8.38. The van der Waals surface area contributed by atoms with Crippen LogP contribution in [0.4, 0.5) is 11.4 Å². The summed E-state index contributed by atoms with van der Waals surface area (Å²) in [5, 5.41) is 14.2. The van der Waals surface area contributed by atoms with Gasteiger partial charge in [-0.25, -0.2) is 0 Å². The minimum Gasteiger partial charge on any atom is -0.378 e. The standard InChI is InChI=1S/C18H18N6O2/c25-18(14-5-1-3-7-16(14)24-13-19-21-22-24)20-15-6-2-4-8-17(15)23-9-11-26-12-10-23/h1-8,13H,9-12H2,(H,20,25). The van der Waals surface area contributed by atoms with Crippen molar-refractivity contribution < 1.29 is 9.53 Å². The van der Waals surface area contributed by atoms with Crippen molar-refractivity contribution >= 4 is 17.3 Å². The van der Waals surface area contributed by atoms with Gasteiger partial charge in [-0.05, 0) is 34.7 Å². The van der Waals surface area contributed by atoms with Crippen molar-refractivity contribution in [2.75, 3.05) is 36.5 Å². The lowest BCUT2D eigenvalue weighted by Gasteiger charge is -2.30. The Kier molecular flexibility index (Phi) is 4.57. The van der Waals surface area contributed by atoms with Crippen molar-refractivity contribution in [2.24, 2.45) is 0 Å². The fraction of sp³-hybridized carbons (Fsp3) is 0.222. The maximum absolute atomic E-state index is 12.9. The molecule has 8 heteroatoms. The zero-order valence-electron chi connectivity index (χ0n) is 14.1. The second kappa shape index (κ2) is 7.32. The highest BCUT2D eigenvalue weighted by Gasteiger charge is 2.18. The average molecular weight is 350 g/mol. The van der Waals surface area contributed by atoms with Gasteiger partial charge < -0.3 is 15.0 Å². The minimum absolute atomic E-state index is 0.211. The van der Waals surface area contributed by atoms with Crippen LogP contribution in [0.15, 0.2) is 54.9 Å². The molecule has 1 fully saturated rings. The van der Waals surface area contributed by atoms with E-state index in [-0.39, 0.29) is 5.91 Å². The molecule has 0 saturated carbocycles. The highest BCUT2D eigenvalue weighted by Crippen LogP contribution is 2.27. The summed E-state index contributed by atoms with van der Waals surface area (Å²) >= 11 is 0. The number of anilines is 2. The quantitative estimate of drug-likeness (QED) is 0.772. The smallest absolute Gasteiger partial charge is 0.257 e.